The zero-order chi connectivity index (χ0) is 13.5. The molecule has 1 amide bonds. The average Bonchev–Trinajstić information content (AvgIpc) is 2.76. The molecule has 0 spiro atoms. The first-order valence-corrected chi connectivity index (χ1v) is 6.65. The second-order valence-corrected chi connectivity index (χ2v) is 5.35. The molecule has 0 aromatic heterocycles. The summed E-state index contributed by atoms with van der Waals surface area (Å²) in [6, 6.07) is 0. The fourth-order valence-electron chi connectivity index (χ4n) is 2.21. The smallest absolute Gasteiger partial charge is 0.305 e. The van der Waals surface area contributed by atoms with Crippen molar-refractivity contribution in [3.05, 3.63) is 12.2 Å². The monoisotopic (exact) mass is 253 g/mol. The Morgan fingerprint density at radius 2 is 2.17 bits per heavy atom. The minimum absolute atomic E-state index is 0.0268. The van der Waals surface area contributed by atoms with E-state index in [0.717, 1.165) is 12.8 Å². The molecule has 18 heavy (non-hydrogen) atoms. The SMILES string of the molecule is CC(C)CN(CCC(=O)O)C(=O)CC1C=CCC1. The number of carbonyl (C=O) groups is 2. The lowest BCUT2D eigenvalue weighted by atomic mass is 10.0. The third-order valence-corrected chi connectivity index (χ3v) is 3.08. The Labute approximate surface area is 109 Å². The molecule has 0 aliphatic heterocycles. The number of nitrogens with zero attached hydrogens (tertiary/aromatic N) is 1. The van der Waals surface area contributed by atoms with E-state index in [9.17, 15) is 9.59 Å². The van der Waals surface area contributed by atoms with E-state index >= 15 is 0 Å². The molecule has 1 N–H and O–H groups in total. The van der Waals surface area contributed by atoms with Crippen LogP contribution in [0.3, 0.4) is 0 Å². The van der Waals surface area contributed by atoms with Crippen LogP contribution in [0.5, 0.6) is 0 Å². The van der Waals surface area contributed by atoms with Crippen molar-refractivity contribution in [3.63, 3.8) is 0 Å². The molecule has 1 unspecified atom stereocenters. The van der Waals surface area contributed by atoms with Gasteiger partial charge >= 0.3 is 5.97 Å². The van der Waals surface area contributed by atoms with Gasteiger partial charge in [-0.3, -0.25) is 9.59 Å². The van der Waals surface area contributed by atoms with Gasteiger partial charge in [0.15, 0.2) is 0 Å². The van der Waals surface area contributed by atoms with Crippen LogP contribution in [0.1, 0.15) is 39.5 Å². The van der Waals surface area contributed by atoms with Crippen molar-refractivity contribution in [3.8, 4) is 0 Å². The van der Waals surface area contributed by atoms with E-state index in [1.807, 2.05) is 13.8 Å². The molecule has 0 heterocycles. The number of hydrogen-bond acceptors (Lipinski definition) is 2. The molecule has 0 radical (unpaired) electrons. The number of aliphatic carboxylic acids is 1. The van der Waals surface area contributed by atoms with Gasteiger partial charge in [0.05, 0.1) is 6.42 Å². The highest BCUT2D eigenvalue weighted by Gasteiger charge is 2.20. The quantitative estimate of drug-likeness (QED) is 0.708. The maximum Gasteiger partial charge on any atom is 0.305 e. The van der Waals surface area contributed by atoms with E-state index in [4.69, 9.17) is 5.11 Å². The predicted octanol–water partition coefficient (Wildman–Crippen LogP) is 2.30. The largest absolute Gasteiger partial charge is 0.481 e. The number of carboxylic acid groups (broad SMARTS) is 1. The minimum Gasteiger partial charge on any atom is -0.481 e. The van der Waals surface area contributed by atoms with Crippen molar-refractivity contribution in [2.75, 3.05) is 13.1 Å². The fourth-order valence-corrected chi connectivity index (χ4v) is 2.21. The first kappa shape index (κ1) is 14.7. The van der Waals surface area contributed by atoms with Crippen molar-refractivity contribution in [2.24, 2.45) is 11.8 Å². The maximum absolute atomic E-state index is 12.1. The number of amides is 1. The molecular weight excluding hydrogens is 230 g/mol. The Morgan fingerprint density at radius 1 is 1.44 bits per heavy atom. The van der Waals surface area contributed by atoms with Gasteiger partial charge in [-0.15, -0.1) is 0 Å². The highest BCUT2D eigenvalue weighted by molar-refractivity contribution is 5.77. The third kappa shape index (κ3) is 5.34. The Bertz CT molecular complexity index is 323. The fraction of sp³-hybridized carbons (Fsp3) is 0.714. The van der Waals surface area contributed by atoms with Crippen LogP contribution in [-0.4, -0.2) is 35.0 Å². The lowest BCUT2D eigenvalue weighted by molar-refractivity contribution is -0.138. The van der Waals surface area contributed by atoms with Crippen molar-refractivity contribution >= 4 is 11.9 Å². The average molecular weight is 253 g/mol. The number of carbonyl (C=O) groups excluding carboxylic acids is 1. The van der Waals surface area contributed by atoms with Gasteiger partial charge in [0, 0.05) is 19.5 Å². The van der Waals surface area contributed by atoms with Crippen LogP contribution >= 0.6 is 0 Å². The standard InChI is InChI=1S/C14H23NO3/c1-11(2)10-15(8-7-14(17)18)13(16)9-12-5-3-4-6-12/h3,5,11-12H,4,6-10H2,1-2H3,(H,17,18). The topological polar surface area (TPSA) is 57.6 Å². The summed E-state index contributed by atoms with van der Waals surface area (Å²) in [4.78, 5) is 24.5. The predicted molar refractivity (Wildman–Crippen MR) is 70.2 cm³/mol. The molecular formula is C14H23NO3. The van der Waals surface area contributed by atoms with Gasteiger partial charge in [-0.2, -0.15) is 0 Å². The second kappa shape index (κ2) is 7.19. The van der Waals surface area contributed by atoms with Gasteiger partial charge in [0.1, 0.15) is 0 Å². The van der Waals surface area contributed by atoms with Gasteiger partial charge in [-0.05, 0) is 24.7 Å². The molecule has 0 aromatic rings. The lowest BCUT2D eigenvalue weighted by Gasteiger charge is -2.25. The zero-order valence-corrected chi connectivity index (χ0v) is 11.3. The van der Waals surface area contributed by atoms with E-state index in [-0.39, 0.29) is 12.3 Å². The summed E-state index contributed by atoms with van der Waals surface area (Å²) in [7, 11) is 0. The summed E-state index contributed by atoms with van der Waals surface area (Å²) in [5.74, 6) is -0.0577. The van der Waals surface area contributed by atoms with E-state index in [2.05, 4.69) is 12.2 Å². The van der Waals surface area contributed by atoms with Crippen molar-refractivity contribution in [1.29, 1.82) is 0 Å². The summed E-state index contributed by atoms with van der Waals surface area (Å²) in [5, 5.41) is 8.71. The van der Waals surface area contributed by atoms with Gasteiger partial charge < -0.3 is 10.0 Å². The van der Waals surface area contributed by atoms with Crippen LogP contribution in [0.15, 0.2) is 12.2 Å². The zero-order valence-electron chi connectivity index (χ0n) is 11.3. The lowest BCUT2D eigenvalue weighted by Crippen LogP contribution is -2.36. The molecule has 0 saturated heterocycles. The summed E-state index contributed by atoms with van der Waals surface area (Å²) >= 11 is 0. The molecule has 1 aliphatic rings. The van der Waals surface area contributed by atoms with Crippen LogP contribution in [0, 0.1) is 11.8 Å². The summed E-state index contributed by atoms with van der Waals surface area (Å²) in [5.41, 5.74) is 0. The summed E-state index contributed by atoms with van der Waals surface area (Å²) in [6.07, 6.45) is 6.85. The summed E-state index contributed by atoms with van der Waals surface area (Å²) in [6.45, 7) is 5.04. The maximum atomic E-state index is 12.1. The van der Waals surface area contributed by atoms with Crippen LogP contribution in [0.25, 0.3) is 0 Å². The van der Waals surface area contributed by atoms with Crippen molar-refractivity contribution in [1.82, 2.24) is 4.90 Å². The molecule has 0 fully saturated rings. The number of allylic oxidation sites excluding steroid dienone is 2. The minimum atomic E-state index is -0.850. The van der Waals surface area contributed by atoms with E-state index in [1.54, 1.807) is 4.90 Å². The van der Waals surface area contributed by atoms with Crippen molar-refractivity contribution < 1.29 is 14.7 Å². The number of rotatable bonds is 7. The van der Waals surface area contributed by atoms with E-state index in [1.165, 1.54) is 0 Å². The number of hydrogen-bond donors (Lipinski definition) is 1. The Kier molecular flexibility index (Phi) is 5.89. The van der Waals surface area contributed by atoms with Crippen molar-refractivity contribution in [2.45, 2.75) is 39.5 Å². The van der Waals surface area contributed by atoms with Crippen LogP contribution in [0.2, 0.25) is 0 Å². The molecule has 102 valence electrons. The van der Waals surface area contributed by atoms with Crippen LogP contribution in [0.4, 0.5) is 0 Å². The molecule has 4 heteroatoms. The van der Waals surface area contributed by atoms with Crippen LogP contribution in [-0.2, 0) is 9.59 Å². The van der Waals surface area contributed by atoms with E-state index in [0.29, 0.717) is 31.3 Å². The van der Waals surface area contributed by atoms with Gasteiger partial charge in [0.25, 0.3) is 0 Å². The highest BCUT2D eigenvalue weighted by atomic mass is 16.4. The Balaban J connectivity index is 2.48. The molecule has 0 saturated carbocycles. The number of carboxylic acids is 1. The molecule has 0 bridgehead atoms. The van der Waals surface area contributed by atoms with E-state index < -0.39 is 5.97 Å². The highest BCUT2D eigenvalue weighted by Crippen LogP contribution is 2.21. The molecule has 1 atom stereocenters. The second-order valence-electron chi connectivity index (χ2n) is 5.35. The molecule has 1 rings (SSSR count). The molecule has 0 aromatic carbocycles. The first-order chi connectivity index (χ1) is 8.49. The molecule has 1 aliphatic carbocycles. The first-order valence-electron chi connectivity index (χ1n) is 6.65. The van der Waals surface area contributed by atoms with Gasteiger partial charge in [-0.1, -0.05) is 26.0 Å². The van der Waals surface area contributed by atoms with Crippen LogP contribution < -0.4 is 0 Å². The summed E-state index contributed by atoms with van der Waals surface area (Å²) < 4.78 is 0. The van der Waals surface area contributed by atoms with Gasteiger partial charge in [0.2, 0.25) is 5.91 Å². The normalized spacial score (nSPS) is 18.3. The molecule has 4 nitrogen and oxygen atoms in total. The van der Waals surface area contributed by atoms with Gasteiger partial charge in [-0.25, -0.2) is 0 Å². The Hall–Kier alpha value is -1.32. The third-order valence-electron chi connectivity index (χ3n) is 3.08. The Morgan fingerprint density at radius 3 is 2.67 bits per heavy atom.